The van der Waals surface area contributed by atoms with Gasteiger partial charge in [-0.3, -0.25) is 0 Å². The van der Waals surface area contributed by atoms with Crippen LogP contribution in [0.1, 0.15) is 0 Å². The Morgan fingerprint density at radius 1 is 1.12 bits per heavy atom. The van der Waals surface area contributed by atoms with E-state index in [-0.39, 0.29) is 0 Å². The zero-order valence-corrected chi connectivity index (χ0v) is 9.56. The molecule has 4 heteroatoms. The minimum atomic E-state index is 0.572. The van der Waals surface area contributed by atoms with E-state index >= 15 is 0 Å². The first-order valence-electron chi connectivity index (χ1n) is 5.23. The zero-order valence-electron chi connectivity index (χ0n) is 9.56. The Labute approximate surface area is 97.8 Å². The molecule has 3 aromatic rings. The van der Waals surface area contributed by atoms with Crippen molar-refractivity contribution in [1.29, 1.82) is 0 Å². The third-order valence-electron chi connectivity index (χ3n) is 2.77. The molecule has 0 unspecified atom stereocenters. The molecule has 0 aliphatic rings. The number of rotatable bonds is 2. The van der Waals surface area contributed by atoms with Crippen molar-refractivity contribution in [2.75, 3.05) is 14.2 Å². The fourth-order valence-corrected chi connectivity index (χ4v) is 2.03. The third-order valence-corrected chi connectivity index (χ3v) is 2.77. The number of fused-ring (bicyclic) bond motifs is 2. The molecule has 17 heavy (non-hydrogen) atoms. The molecule has 0 atom stereocenters. The van der Waals surface area contributed by atoms with Crippen molar-refractivity contribution in [3.05, 3.63) is 30.5 Å². The molecular formula is C13H11NO3. The molecule has 0 N–H and O–H groups in total. The molecular weight excluding hydrogens is 218 g/mol. The number of ether oxygens (including phenoxy) is 2. The fraction of sp³-hybridized carbons (Fsp3) is 0.154. The Balaban J connectivity index is 2.55. The van der Waals surface area contributed by atoms with Crippen LogP contribution in [-0.4, -0.2) is 19.2 Å². The fourth-order valence-electron chi connectivity index (χ4n) is 2.03. The molecule has 1 aromatic carbocycles. The summed E-state index contributed by atoms with van der Waals surface area (Å²) in [6, 6.07) is 7.52. The lowest BCUT2D eigenvalue weighted by Crippen LogP contribution is -1.92. The third kappa shape index (κ3) is 1.34. The van der Waals surface area contributed by atoms with Crippen molar-refractivity contribution >= 4 is 22.0 Å². The summed E-state index contributed by atoms with van der Waals surface area (Å²) in [6.45, 7) is 0. The first-order valence-corrected chi connectivity index (χ1v) is 5.23. The van der Waals surface area contributed by atoms with Gasteiger partial charge in [0.1, 0.15) is 11.5 Å². The van der Waals surface area contributed by atoms with Crippen LogP contribution >= 0.6 is 0 Å². The van der Waals surface area contributed by atoms with E-state index in [0.717, 1.165) is 27.8 Å². The summed E-state index contributed by atoms with van der Waals surface area (Å²) in [5.41, 5.74) is 1.37. The van der Waals surface area contributed by atoms with E-state index in [9.17, 15) is 0 Å². The van der Waals surface area contributed by atoms with Gasteiger partial charge in [-0.15, -0.1) is 0 Å². The van der Waals surface area contributed by atoms with Gasteiger partial charge in [0.15, 0.2) is 0 Å². The van der Waals surface area contributed by atoms with Crippen molar-refractivity contribution in [3.8, 4) is 11.5 Å². The first-order chi connectivity index (χ1) is 8.35. The van der Waals surface area contributed by atoms with Gasteiger partial charge in [0.2, 0.25) is 5.71 Å². The van der Waals surface area contributed by atoms with Crippen LogP contribution in [0.5, 0.6) is 11.5 Å². The minimum Gasteiger partial charge on any atom is -0.496 e. The second kappa shape index (κ2) is 3.66. The first kappa shape index (κ1) is 9.96. The Bertz CT molecular complexity index is 688. The summed E-state index contributed by atoms with van der Waals surface area (Å²) in [5, 5.41) is 1.72. The summed E-state index contributed by atoms with van der Waals surface area (Å²) >= 11 is 0. The number of benzene rings is 1. The topological polar surface area (TPSA) is 44.5 Å². The van der Waals surface area contributed by atoms with Crippen LogP contribution in [0, 0.1) is 0 Å². The number of furan rings is 1. The molecule has 4 nitrogen and oxygen atoms in total. The molecule has 0 amide bonds. The van der Waals surface area contributed by atoms with Gasteiger partial charge < -0.3 is 13.9 Å². The van der Waals surface area contributed by atoms with Crippen molar-refractivity contribution in [2.24, 2.45) is 0 Å². The highest BCUT2D eigenvalue weighted by Crippen LogP contribution is 2.38. The van der Waals surface area contributed by atoms with E-state index in [4.69, 9.17) is 13.9 Å². The van der Waals surface area contributed by atoms with Crippen LogP contribution < -0.4 is 9.47 Å². The molecule has 0 aliphatic heterocycles. The highest BCUT2D eigenvalue weighted by molar-refractivity contribution is 6.02. The number of nitrogens with zero attached hydrogens (tertiary/aromatic N) is 1. The highest BCUT2D eigenvalue weighted by atomic mass is 16.5. The van der Waals surface area contributed by atoms with Gasteiger partial charge >= 0.3 is 0 Å². The van der Waals surface area contributed by atoms with Gasteiger partial charge in [0.25, 0.3) is 0 Å². The lowest BCUT2D eigenvalue weighted by atomic mass is 10.1. The van der Waals surface area contributed by atoms with Gasteiger partial charge in [0, 0.05) is 0 Å². The van der Waals surface area contributed by atoms with Crippen LogP contribution in [0.4, 0.5) is 0 Å². The Morgan fingerprint density at radius 3 is 2.76 bits per heavy atom. The van der Waals surface area contributed by atoms with E-state index in [0.29, 0.717) is 5.71 Å². The van der Waals surface area contributed by atoms with Gasteiger partial charge in [-0.05, 0) is 18.2 Å². The Kier molecular flexibility index (Phi) is 2.14. The number of aromatic nitrogens is 1. The van der Waals surface area contributed by atoms with Crippen LogP contribution in [0.3, 0.4) is 0 Å². The summed E-state index contributed by atoms with van der Waals surface area (Å²) < 4.78 is 16.1. The lowest BCUT2D eigenvalue weighted by molar-refractivity contribution is 0.407. The quantitative estimate of drug-likeness (QED) is 0.677. The zero-order chi connectivity index (χ0) is 11.8. The van der Waals surface area contributed by atoms with Crippen LogP contribution in [-0.2, 0) is 0 Å². The smallest absolute Gasteiger partial charge is 0.230 e. The number of hydrogen-bond donors (Lipinski definition) is 0. The summed E-state index contributed by atoms with van der Waals surface area (Å²) in [4.78, 5) is 4.43. The predicted octanol–water partition coefficient (Wildman–Crippen LogP) is 3.00. The van der Waals surface area contributed by atoms with Crippen molar-refractivity contribution in [2.45, 2.75) is 0 Å². The average molecular weight is 229 g/mol. The second-order valence-corrected chi connectivity index (χ2v) is 3.64. The van der Waals surface area contributed by atoms with Gasteiger partial charge in [-0.1, -0.05) is 6.07 Å². The number of pyridine rings is 1. The standard InChI is InChI=1S/C13H11NO3/c1-15-10-5-3-4-9-11(10)12(16-2)8-6-7-17-13(8)14-9/h3-7H,1-2H3. The largest absolute Gasteiger partial charge is 0.496 e. The summed E-state index contributed by atoms with van der Waals surface area (Å²) in [5.74, 6) is 1.48. The predicted molar refractivity (Wildman–Crippen MR) is 64.6 cm³/mol. The summed E-state index contributed by atoms with van der Waals surface area (Å²) in [6.07, 6.45) is 1.60. The van der Waals surface area contributed by atoms with E-state index in [1.807, 2.05) is 24.3 Å². The maximum atomic E-state index is 5.46. The Morgan fingerprint density at radius 2 is 2.00 bits per heavy atom. The monoisotopic (exact) mass is 229 g/mol. The second-order valence-electron chi connectivity index (χ2n) is 3.64. The minimum absolute atomic E-state index is 0.572. The lowest BCUT2D eigenvalue weighted by Gasteiger charge is -2.09. The molecule has 0 fully saturated rings. The molecule has 0 saturated heterocycles. The maximum absolute atomic E-state index is 5.46. The Hall–Kier alpha value is -2.23. The number of methoxy groups -OCH3 is 2. The van der Waals surface area contributed by atoms with E-state index in [1.165, 1.54) is 0 Å². The molecule has 0 bridgehead atoms. The average Bonchev–Trinajstić information content (AvgIpc) is 2.82. The van der Waals surface area contributed by atoms with Crippen LogP contribution in [0.15, 0.2) is 34.9 Å². The molecule has 3 rings (SSSR count). The van der Waals surface area contributed by atoms with Gasteiger partial charge in [-0.2, -0.15) is 0 Å². The molecule has 0 radical (unpaired) electrons. The molecule has 0 aliphatic carbocycles. The molecule has 86 valence electrons. The van der Waals surface area contributed by atoms with Gasteiger partial charge in [-0.25, -0.2) is 4.98 Å². The SMILES string of the molecule is COc1cccc2nc3occc3c(OC)c12. The van der Waals surface area contributed by atoms with Crippen molar-refractivity contribution in [3.63, 3.8) is 0 Å². The summed E-state index contributed by atoms with van der Waals surface area (Å²) in [7, 11) is 3.27. The van der Waals surface area contributed by atoms with Crippen molar-refractivity contribution < 1.29 is 13.9 Å². The number of hydrogen-bond acceptors (Lipinski definition) is 4. The normalized spacial score (nSPS) is 10.9. The van der Waals surface area contributed by atoms with E-state index in [1.54, 1.807) is 20.5 Å². The highest BCUT2D eigenvalue weighted by Gasteiger charge is 2.15. The van der Waals surface area contributed by atoms with Crippen molar-refractivity contribution in [1.82, 2.24) is 4.98 Å². The van der Waals surface area contributed by atoms with E-state index < -0.39 is 0 Å². The molecule has 2 aromatic heterocycles. The molecule has 0 spiro atoms. The van der Waals surface area contributed by atoms with Crippen LogP contribution in [0.25, 0.3) is 22.0 Å². The molecule has 2 heterocycles. The van der Waals surface area contributed by atoms with E-state index in [2.05, 4.69) is 4.98 Å². The van der Waals surface area contributed by atoms with Gasteiger partial charge in [0.05, 0.1) is 36.8 Å². The van der Waals surface area contributed by atoms with Crippen LogP contribution in [0.2, 0.25) is 0 Å². The molecule has 0 saturated carbocycles. The maximum Gasteiger partial charge on any atom is 0.230 e.